The highest BCUT2D eigenvalue weighted by atomic mass is 16.5. The van der Waals surface area contributed by atoms with Crippen LogP contribution in [-0.2, 0) is 0 Å². The Morgan fingerprint density at radius 2 is 1.93 bits per heavy atom. The number of aliphatic hydroxyl groups excluding tert-OH is 1. The Labute approximate surface area is 157 Å². The number of hydrogen-bond donors (Lipinski definition) is 2. The van der Waals surface area contributed by atoms with Crippen molar-refractivity contribution in [2.45, 2.75) is 32.0 Å². The summed E-state index contributed by atoms with van der Waals surface area (Å²) in [6.07, 6.45) is 2.97. The maximum atomic E-state index is 10.0. The molecule has 27 heavy (non-hydrogen) atoms. The third-order valence-corrected chi connectivity index (χ3v) is 5.49. The normalized spacial score (nSPS) is 22.5. The second-order valence-corrected chi connectivity index (χ2v) is 7.38. The topological polar surface area (TPSA) is 71.0 Å². The lowest BCUT2D eigenvalue weighted by Gasteiger charge is -2.13. The van der Waals surface area contributed by atoms with Gasteiger partial charge in [-0.05, 0) is 23.1 Å². The highest BCUT2D eigenvalue weighted by Crippen LogP contribution is 2.33. The summed E-state index contributed by atoms with van der Waals surface area (Å²) >= 11 is 0. The van der Waals surface area contributed by atoms with Crippen molar-refractivity contribution in [3.05, 3.63) is 54.7 Å². The van der Waals surface area contributed by atoms with Crippen LogP contribution in [0, 0.1) is 5.92 Å². The summed E-state index contributed by atoms with van der Waals surface area (Å²) in [5.74, 6) is 1.79. The molecular formula is C22H21N3O2. The number of rotatable bonds is 3. The van der Waals surface area contributed by atoms with E-state index in [0.29, 0.717) is 12.1 Å². The standard InChI is InChI=1S/C22H21N3O2/c1-13-11-15(12-18(13)26)27-19-9-10-23-22-20(19)24-21(25-22)17-8-4-6-14-5-2-3-7-16(14)17/h2-10,13,15,18,26H,11-12H2,1H3,(H,23,24,25)/t13-,15+,18-/m0/s1. The monoisotopic (exact) mass is 359 g/mol. The van der Waals surface area contributed by atoms with E-state index in [9.17, 15) is 5.11 Å². The molecule has 1 aliphatic carbocycles. The molecule has 1 fully saturated rings. The molecule has 2 aromatic heterocycles. The number of nitrogens with one attached hydrogen (secondary N) is 1. The maximum absolute atomic E-state index is 10.0. The fraction of sp³-hybridized carbons (Fsp3) is 0.273. The van der Waals surface area contributed by atoms with E-state index < -0.39 is 0 Å². The Hall–Kier alpha value is -2.92. The third kappa shape index (κ3) is 2.84. The molecule has 5 heteroatoms. The van der Waals surface area contributed by atoms with Crippen molar-refractivity contribution in [1.29, 1.82) is 0 Å². The van der Waals surface area contributed by atoms with Gasteiger partial charge in [-0.2, -0.15) is 0 Å². The summed E-state index contributed by atoms with van der Waals surface area (Å²) in [5.41, 5.74) is 2.48. The molecule has 0 unspecified atom stereocenters. The molecule has 1 saturated carbocycles. The zero-order chi connectivity index (χ0) is 18.4. The van der Waals surface area contributed by atoms with Crippen LogP contribution < -0.4 is 4.74 Å². The van der Waals surface area contributed by atoms with Gasteiger partial charge in [0.2, 0.25) is 0 Å². The van der Waals surface area contributed by atoms with Crippen molar-refractivity contribution in [3.8, 4) is 17.1 Å². The minimum absolute atomic E-state index is 0.0184. The van der Waals surface area contributed by atoms with Gasteiger partial charge in [-0.1, -0.05) is 49.4 Å². The van der Waals surface area contributed by atoms with Gasteiger partial charge in [0.1, 0.15) is 23.2 Å². The van der Waals surface area contributed by atoms with Crippen molar-refractivity contribution < 1.29 is 9.84 Å². The fourth-order valence-corrected chi connectivity index (χ4v) is 3.99. The van der Waals surface area contributed by atoms with Crippen LogP contribution in [0.4, 0.5) is 0 Å². The van der Waals surface area contributed by atoms with E-state index in [0.717, 1.165) is 34.5 Å². The highest BCUT2D eigenvalue weighted by Gasteiger charge is 2.31. The number of aromatic amines is 1. The first-order valence-electron chi connectivity index (χ1n) is 9.36. The average Bonchev–Trinajstić information content (AvgIpc) is 3.25. The maximum Gasteiger partial charge on any atom is 0.181 e. The molecule has 5 rings (SSSR count). The first kappa shape index (κ1) is 16.3. The first-order valence-corrected chi connectivity index (χ1v) is 9.36. The predicted octanol–water partition coefficient (Wildman–Crippen LogP) is 4.32. The van der Waals surface area contributed by atoms with E-state index in [1.807, 2.05) is 24.3 Å². The average molecular weight is 359 g/mol. The molecule has 2 N–H and O–H groups in total. The number of imidazole rings is 1. The Balaban J connectivity index is 1.56. The van der Waals surface area contributed by atoms with Gasteiger partial charge in [-0.25, -0.2) is 9.97 Å². The fourth-order valence-electron chi connectivity index (χ4n) is 3.99. The highest BCUT2D eigenvalue weighted by molar-refractivity contribution is 5.96. The Morgan fingerprint density at radius 1 is 1.07 bits per heavy atom. The van der Waals surface area contributed by atoms with Gasteiger partial charge in [-0.15, -0.1) is 0 Å². The molecular weight excluding hydrogens is 338 g/mol. The van der Waals surface area contributed by atoms with Gasteiger partial charge in [0.05, 0.1) is 6.10 Å². The van der Waals surface area contributed by atoms with Crippen LogP contribution >= 0.6 is 0 Å². The zero-order valence-corrected chi connectivity index (χ0v) is 15.1. The minimum Gasteiger partial charge on any atom is -0.488 e. The van der Waals surface area contributed by atoms with E-state index in [1.165, 1.54) is 5.39 Å². The van der Waals surface area contributed by atoms with Crippen molar-refractivity contribution in [1.82, 2.24) is 15.0 Å². The third-order valence-electron chi connectivity index (χ3n) is 5.49. The first-order chi connectivity index (χ1) is 13.2. The largest absolute Gasteiger partial charge is 0.488 e. The van der Waals surface area contributed by atoms with Gasteiger partial charge < -0.3 is 14.8 Å². The van der Waals surface area contributed by atoms with E-state index in [4.69, 9.17) is 9.72 Å². The number of nitrogens with zero attached hydrogens (tertiary/aromatic N) is 2. The quantitative estimate of drug-likeness (QED) is 0.572. The molecule has 2 heterocycles. The lowest BCUT2D eigenvalue weighted by Crippen LogP contribution is -2.13. The lowest BCUT2D eigenvalue weighted by atomic mass is 10.0. The molecule has 2 aromatic carbocycles. The van der Waals surface area contributed by atoms with Crippen LogP contribution in [0.1, 0.15) is 19.8 Å². The van der Waals surface area contributed by atoms with Crippen LogP contribution in [-0.4, -0.2) is 32.3 Å². The van der Waals surface area contributed by atoms with Gasteiger partial charge in [0.25, 0.3) is 0 Å². The van der Waals surface area contributed by atoms with Crippen LogP contribution in [0.2, 0.25) is 0 Å². The molecule has 0 bridgehead atoms. The summed E-state index contributed by atoms with van der Waals surface area (Å²) in [6, 6.07) is 16.3. The number of pyridine rings is 1. The summed E-state index contributed by atoms with van der Waals surface area (Å²) in [4.78, 5) is 12.5. The number of fused-ring (bicyclic) bond motifs is 2. The molecule has 0 amide bonds. The van der Waals surface area contributed by atoms with Crippen molar-refractivity contribution in [3.63, 3.8) is 0 Å². The van der Waals surface area contributed by atoms with Crippen molar-refractivity contribution in [2.24, 2.45) is 5.92 Å². The summed E-state index contributed by atoms with van der Waals surface area (Å²) in [7, 11) is 0. The lowest BCUT2D eigenvalue weighted by molar-refractivity contribution is 0.130. The Kier molecular flexibility index (Phi) is 3.83. The van der Waals surface area contributed by atoms with Gasteiger partial charge in [0, 0.05) is 24.2 Å². The van der Waals surface area contributed by atoms with Crippen LogP contribution in [0.25, 0.3) is 33.3 Å². The zero-order valence-electron chi connectivity index (χ0n) is 15.1. The van der Waals surface area contributed by atoms with E-state index in [2.05, 4.69) is 41.2 Å². The molecule has 136 valence electrons. The van der Waals surface area contributed by atoms with E-state index in [-0.39, 0.29) is 18.1 Å². The smallest absolute Gasteiger partial charge is 0.181 e. The van der Waals surface area contributed by atoms with E-state index >= 15 is 0 Å². The van der Waals surface area contributed by atoms with Crippen LogP contribution in [0.5, 0.6) is 5.75 Å². The molecule has 3 atom stereocenters. The van der Waals surface area contributed by atoms with Gasteiger partial charge in [0.15, 0.2) is 5.65 Å². The number of ether oxygens (including phenoxy) is 1. The van der Waals surface area contributed by atoms with Gasteiger partial charge >= 0.3 is 0 Å². The number of H-pyrrole nitrogens is 1. The molecule has 0 radical (unpaired) electrons. The van der Waals surface area contributed by atoms with Crippen molar-refractivity contribution >= 4 is 21.9 Å². The SMILES string of the molecule is C[C@H]1C[C@@H](Oc2ccnc3nc(-c4cccc5ccccc45)[nH]c23)C[C@@H]1O. The number of aliphatic hydroxyl groups is 1. The second kappa shape index (κ2) is 6.35. The molecule has 0 spiro atoms. The van der Waals surface area contributed by atoms with Crippen molar-refractivity contribution in [2.75, 3.05) is 0 Å². The Morgan fingerprint density at radius 3 is 2.78 bits per heavy atom. The molecule has 5 nitrogen and oxygen atoms in total. The molecule has 4 aromatic rings. The minimum atomic E-state index is -0.291. The number of hydrogen-bond acceptors (Lipinski definition) is 4. The van der Waals surface area contributed by atoms with Crippen LogP contribution in [0.3, 0.4) is 0 Å². The predicted molar refractivity (Wildman–Crippen MR) is 106 cm³/mol. The summed E-state index contributed by atoms with van der Waals surface area (Å²) in [6.45, 7) is 2.06. The number of aromatic nitrogens is 3. The molecule has 0 saturated heterocycles. The van der Waals surface area contributed by atoms with E-state index in [1.54, 1.807) is 6.20 Å². The summed E-state index contributed by atoms with van der Waals surface area (Å²) in [5, 5.41) is 12.3. The second-order valence-electron chi connectivity index (χ2n) is 7.38. The van der Waals surface area contributed by atoms with Gasteiger partial charge in [-0.3, -0.25) is 0 Å². The Bertz CT molecular complexity index is 1110. The summed E-state index contributed by atoms with van der Waals surface area (Å²) < 4.78 is 6.19. The number of benzene rings is 2. The van der Waals surface area contributed by atoms with Crippen LogP contribution in [0.15, 0.2) is 54.7 Å². The molecule has 1 aliphatic rings. The molecule has 0 aliphatic heterocycles.